The first-order chi connectivity index (χ1) is 8.36. The van der Waals surface area contributed by atoms with E-state index < -0.39 is 0 Å². The topological polar surface area (TPSA) is 3.24 Å². The highest BCUT2D eigenvalue weighted by Crippen LogP contribution is 2.29. The Kier molecular flexibility index (Phi) is 3.19. The first-order valence-corrected chi connectivity index (χ1v) is 7.21. The van der Waals surface area contributed by atoms with Crippen molar-refractivity contribution in [3.63, 3.8) is 0 Å². The number of hydrogen-bond donors (Lipinski definition) is 0. The Labute approximate surface area is 105 Å². The zero-order valence-corrected chi connectivity index (χ0v) is 10.9. The van der Waals surface area contributed by atoms with Crippen molar-refractivity contribution in [3.8, 4) is 0 Å². The van der Waals surface area contributed by atoms with Crippen molar-refractivity contribution in [1.29, 1.82) is 0 Å². The summed E-state index contributed by atoms with van der Waals surface area (Å²) in [6.45, 7) is 4.73. The maximum absolute atomic E-state index is 2.73. The molecule has 0 spiro atoms. The van der Waals surface area contributed by atoms with Crippen LogP contribution in [0.4, 0.5) is 0 Å². The Hall–Kier alpha value is -0.820. The van der Waals surface area contributed by atoms with Gasteiger partial charge < -0.3 is 0 Å². The van der Waals surface area contributed by atoms with Gasteiger partial charge in [0.05, 0.1) is 0 Å². The Balaban J connectivity index is 1.78. The van der Waals surface area contributed by atoms with E-state index in [-0.39, 0.29) is 0 Å². The average molecular weight is 229 g/mol. The predicted molar refractivity (Wildman–Crippen MR) is 72.2 cm³/mol. The van der Waals surface area contributed by atoms with Crippen molar-refractivity contribution in [1.82, 2.24) is 4.90 Å². The fourth-order valence-corrected chi connectivity index (χ4v) is 3.43. The Bertz CT molecular complexity index is 391. The molecule has 1 saturated carbocycles. The summed E-state index contributed by atoms with van der Waals surface area (Å²) >= 11 is 0. The van der Waals surface area contributed by atoms with Crippen LogP contribution in [0.2, 0.25) is 0 Å². The molecule has 0 radical (unpaired) electrons. The number of nitrogens with zero attached hydrogens (tertiary/aromatic N) is 1. The van der Waals surface area contributed by atoms with Gasteiger partial charge in [0, 0.05) is 19.1 Å². The van der Waals surface area contributed by atoms with Crippen LogP contribution in [0.25, 0.3) is 0 Å². The van der Waals surface area contributed by atoms with Gasteiger partial charge in [-0.1, -0.05) is 38.0 Å². The van der Waals surface area contributed by atoms with Crippen LogP contribution in [0.3, 0.4) is 0 Å². The van der Waals surface area contributed by atoms with Crippen molar-refractivity contribution in [2.75, 3.05) is 6.54 Å². The second-order valence-corrected chi connectivity index (χ2v) is 5.62. The number of fused-ring (bicyclic) bond motifs is 1. The second kappa shape index (κ2) is 4.81. The van der Waals surface area contributed by atoms with Crippen LogP contribution in [-0.4, -0.2) is 17.5 Å². The molecule has 0 saturated heterocycles. The van der Waals surface area contributed by atoms with Gasteiger partial charge in [-0.2, -0.15) is 0 Å². The van der Waals surface area contributed by atoms with Crippen molar-refractivity contribution in [3.05, 3.63) is 34.9 Å². The minimum atomic E-state index is 0.883. The molecule has 0 bridgehead atoms. The van der Waals surface area contributed by atoms with E-state index in [9.17, 15) is 0 Å². The Morgan fingerprint density at radius 1 is 1.18 bits per heavy atom. The van der Waals surface area contributed by atoms with Gasteiger partial charge in [0.15, 0.2) is 0 Å². The van der Waals surface area contributed by atoms with E-state index in [4.69, 9.17) is 0 Å². The second-order valence-electron chi connectivity index (χ2n) is 5.62. The molecule has 2 aliphatic rings. The van der Waals surface area contributed by atoms with Gasteiger partial charge >= 0.3 is 0 Å². The third kappa shape index (κ3) is 2.26. The van der Waals surface area contributed by atoms with E-state index in [1.807, 2.05) is 0 Å². The van der Waals surface area contributed by atoms with Gasteiger partial charge in [0.1, 0.15) is 0 Å². The fraction of sp³-hybridized carbons (Fsp3) is 0.625. The molecule has 0 atom stereocenters. The smallest absolute Gasteiger partial charge is 0.0239 e. The lowest BCUT2D eigenvalue weighted by atomic mass is 9.95. The normalized spacial score (nSPS) is 21.7. The largest absolute Gasteiger partial charge is 0.296 e. The molecule has 1 aliphatic carbocycles. The third-order valence-electron chi connectivity index (χ3n) is 4.56. The molecule has 1 fully saturated rings. The third-order valence-corrected chi connectivity index (χ3v) is 4.56. The maximum atomic E-state index is 2.73. The van der Waals surface area contributed by atoms with Crippen molar-refractivity contribution < 1.29 is 0 Å². The highest BCUT2D eigenvalue weighted by Gasteiger charge is 2.25. The molecule has 92 valence electrons. The zero-order chi connectivity index (χ0) is 11.7. The van der Waals surface area contributed by atoms with Crippen molar-refractivity contribution >= 4 is 0 Å². The SMILES string of the molecule is CCc1ccc2c(c1)CN(C1CCCC1)CC2. The molecule has 1 aromatic carbocycles. The van der Waals surface area contributed by atoms with Crippen molar-refractivity contribution in [2.45, 2.75) is 58.0 Å². The molecule has 0 amide bonds. The van der Waals surface area contributed by atoms with E-state index >= 15 is 0 Å². The summed E-state index contributed by atoms with van der Waals surface area (Å²) in [5, 5.41) is 0. The van der Waals surface area contributed by atoms with E-state index in [1.54, 1.807) is 11.1 Å². The first-order valence-electron chi connectivity index (χ1n) is 7.21. The monoisotopic (exact) mass is 229 g/mol. The van der Waals surface area contributed by atoms with Gasteiger partial charge in [-0.15, -0.1) is 0 Å². The molecule has 1 aromatic rings. The maximum Gasteiger partial charge on any atom is 0.0239 e. The summed E-state index contributed by atoms with van der Waals surface area (Å²) in [7, 11) is 0. The van der Waals surface area contributed by atoms with Gasteiger partial charge in [0.2, 0.25) is 0 Å². The lowest BCUT2D eigenvalue weighted by Gasteiger charge is -2.33. The zero-order valence-electron chi connectivity index (χ0n) is 10.9. The highest BCUT2D eigenvalue weighted by molar-refractivity contribution is 5.34. The molecule has 0 aromatic heterocycles. The van der Waals surface area contributed by atoms with E-state index in [0.29, 0.717) is 0 Å². The molecule has 0 N–H and O–H groups in total. The molecule has 17 heavy (non-hydrogen) atoms. The predicted octanol–water partition coefficient (Wildman–Crippen LogP) is 3.55. The quantitative estimate of drug-likeness (QED) is 0.749. The number of hydrogen-bond acceptors (Lipinski definition) is 1. The minimum Gasteiger partial charge on any atom is -0.296 e. The Morgan fingerprint density at radius 2 is 2.00 bits per heavy atom. The van der Waals surface area contributed by atoms with Crippen molar-refractivity contribution in [2.24, 2.45) is 0 Å². The van der Waals surface area contributed by atoms with Crippen LogP contribution >= 0.6 is 0 Å². The van der Waals surface area contributed by atoms with E-state index in [0.717, 1.165) is 12.5 Å². The highest BCUT2D eigenvalue weighted by atomic mass is 15.2. The van der Waals surface area contributed by atoms with Gasteiger partial charge in [-0.25, -0.2) is 0 Å². The molecule has 1 heteroatoms. The van der Waals surface area contributed by atoms with Gasteiger partial charge in [0.25, 0.3) is 0 Å². The number of benzene rings is 1. The summed E-state index contributed by atoms with van der Waals surface area (Å²) < 4.78 is 0. The number of aryl methyl sites for hydroxylation is 1. The molecule has 1 nitrogen and oxygen atoms in total. The minimum absolute atomic E-state index is 0.883. The molecule has 1 aliphatic heterocycles. The lowest BCUT2D eigenvalue weighted by Crippen LogP contribution is -2.37. The number of rotatable bonds is 2. The molecule has 3 rings (SSSR count). The lowest BCUT2D eigenvalue weighted by molar-refractivity contribution is 0.181. The standard InChI is InChI=1S/C16H23N/c1-2-13-7-8-14-9-10-17(12-15(14)11-13)16-5-3-4-6-16/h7-8,11,16H,2-6,9-10,12H2,1H3. The van der Waals surface area contributed by atoms with Gasteiger partial charge in [-0.05, 0) is 42.4 Å². The summed E-state index contributed by atoms with van der Waals surface area (Å²) in [4.78, 5) is 2.73. The summed E-state index contributed by atoms with van der Waals surface area (Å²) in [6.07, 6.45) is 8.18. The van der Waals surface area contributed by atoms with Crippen LogP contribution < -0.4 is 0 Å². The average Bonchev–Trinajstić information content (AvgIpc) is 2.91. The van der Waals surface area contributed by atoms with Crippen LogP contribution in [0.5, 0.6) is 0 Å². The molecular weight excluding hydrogens is 206 g/mol. The fourth-order valence-electron chi connectivity index (χ4n) is 3.43. The summed E-state index contributed by atoms with van der Waals surface area (Å²) in [5.41, 5.74) is 4.69. The van der Waals surface area contributed by atoms with Crippen LogP contribution in [-0.2, 0) is 19.4 Å². The summed E-state index contributed by atoms with van der Waals surface area (Å²) in [5.74, 6) is 0. The first kappa shape index (κ1) is 11.3. The van der Waals surface area contributed by atoms with E-state index in [1.165, 1.54) is 50.8 Å². The van der Waals surface area contributed by atoms with Crippen LogP contribution in [0.15, 0.2) is 18.2 Å². The van der Waals surface area contributed by atoms with E-state index in [2.05, 4.69) is 30.0 Å². The Morgan fingerprint density at radius 3 is 2.76 bits per heavy atom. The van der Waals surface area contributed by atoms with Gasteiger partial charge in [-0.3, -0.25) is 4.90 Å². The molecule has 0 unspecified atom stereocenters. The molecular formula is C16H23N. The summed E-state index contributed by atoms with van der Waals surface area (Å²) in [6, 6.07) is 7.99. The van der Waals surface area contributed by atoms with Crippen LogP contribution in [0, 0.1) is 0 Å². The van der Waals surface area contributed by atoms with Crippen LogP contribution in [0.1, 0.15) is 49.3 Å². The molecule has 1 heterocycles.